The van der Waals surface area contributed by atoms with Crippen LogP contribution in [0.3, 0.4) is 0 Å². The molecule has 82 valence electrons. The van der Waals surface area contributed by atoms with Crippen LogP contribution < -0.4 is 5.73 Å². The van der Waals surface area contributed by atoms with Gasteiger partial charge in [-0.25, -0.2) is 4.79 Å². The maximum absolute atomic E-state index is 11.6. The van der Waals surface area contributed by atoms with Crippen molar-refractivity contribution in [3.63, 3.8) is 0 Å². The minimum atomic E-state index is 0.122. The molecule has 14 heavy (non-hydrogen) atoms. The van der Waals surface area contributed by atoms with Crippen LogP contribution in [0.1, 0.15) is 19.8 Å². The molecule has 4 heteroatoms. The zero-order valence-electron chi connectivity index (χ0n) is 9.36. The number of nitrogens with two attached hydrogens (primary N) is 1. The monoisotopic (exact) mass is 199 g/mol. The Morgan fingerprint density at radius 2 is 2.29 bits per heavy atom. The van der Waals surface area contributed by atoms with Crippen molar-refractivity contribution in [1.82, 2.24) is 9.80 Å². The van der Waals surface area contributed by atoms with Gasteiger partial charge < -0.3 is 15.5 Å². The molecule has 1 saturated heterocycles. The number of carbonyl (C=O) groups excluding carboxylic acids is 1. The number of hydrogen-bond acceptors (Lipinski definition) is 2. The molecule has 1 heterocycles. The first-order valence-electron chi connectivity index (χ1n) is 5.22. The van der Waals surface area contributed by atoms with E-state index in [9.17, 15) is 4.79 Å². The summed E-state index contributed by atoms with van der Waals surface area (Å²) in [5, 5.41) is 0. The Balaban J connectivity index is 2.37. The van der Waals surface area contributed by atoms with Gasteiger partial charge in [-0.15, -0.1) is 0 Å². The Kier molecular flexibility index (Phi) is 3.75. The summed E-state index contributed by atoms with van der Waals surface area (Å²) in [7, 11) is 3.59. The lowest BCUT2D eigenvalue weighted by atomic mass is 10.0. The SMILES string of the molecule is CC(N)CC1CCN(C(=O)N(C)C)C1. The predicted octanol–water partition coefficient (Wildman–Crippen LogP) is 0.727. The highest BCUT2D eigenvalue weighted by Crippen LogP contribution is 2.21. The van der Waals surface area contributed by atoms with Crippen LogP contribution in [0.5, 0.6) is 0 Å². The summed E-state index contributed by atoms with van der Waals surface area (Å²) in [6.45, 7) is 3.78. The van der Waals surface area contributed by atoms with Crippen molar-refractivity contribution in [2.45, 2.75) is 25.8 Å². The summed E-state index contributed by atoms with van der Waals surface area (Å²) in [5.41, 5.74) is 5.74. The summed E-state index contributed by atoms with van der Waals surface area (Å²) < 4.78 is 0. The highest BCUT2D eigenvalue weighted by Gasteiger charge is 2.27. The molecule has 0 aromatic carbocycles. The summed E-state index contributed by atoms with van der Waals surface area (Å²) >= 11 is 0. The van der Waals surface area contributed by atoms with E-state index in [4.69, 9.17) is 5.73 Å². The van der Waals surface area contributed by atoms with Crippen molar-refractivity contribution >= 4 is 6.03 Å². The normalized spacial score (nSPS) is 23.7. The number of rotatable bonds is 2. The molecule has 0 aromatic heterocycles. The first-order valence-corrected chi connectivity index (χ1v) is 5.22. The number of urea groups is 1. The lowest BCUT2D eigenvalue weighted by molar-refractivity contribution is 0.179. The van der Waals surface area contributed by atoms with E-state index in [0.717, 1.165) is 25.9 Å². The lowest BCUT2D eigenvalue weighted by Crippen LogP contribution is -2.37. The van der Waals surface area contributed by atoms with E-state index in [1.165, 1.54) is 0 Å². The number of carbonyl (C=O) groups is 1. The highest BCUT2D eigenvalue weighted by atomic mass is 16.2. The van der Waals surface area contributed by atoms with E-state index in [1.807, 2.05) is 11.8 Å². The quantitative estimate of drug-likeness (QED) is 0.712. The van der Waals surface area contributed by atoms with Crippen LogP contribution in [-0.2, 0) is 0 Å². The van der Waals surface area contributed by atoms with Crippen LogP contribution in [0.15, 0.2) is 0 Å². The van der Waals surface area contributed by atoms with Gasteiger partial charge in [0, 0.05) is 33.2 Å². The lowest BCUT2D eigenvalue weighted by Gasteiger charge is -2.21. The Labute approximate surface area is 86.0 Å². The molecule has 2 atom stereocenters. The topological polar surface area (TPSA) is 49.6 Å². The molecular formula is C10H21N3O. The predicted molar refractivity (Wildman–Crippen MR) is 57.0 cm³/mol. The second kappa shape index (κ2) is 4.64. The third-order valence-electron chi connectivity index (χ3n) is 2.64. The zero-order chi connectivity index (χ0) is 10.7. The largest absolute Gasteiger partial charge is 0.331 e. The van der Waals surface area contributed by atoms with Gasteiger partial charge in [0.25, 0.3) is 0 Å². The fourth-order valence-corrected chi connectivity index (χ4v) is 2.01. The average Bonchev–Trinajstić information content (AvgIpc) is 2.50. The zero-order valence-corrected chi connectivity index (χ0v) is 9.36. The molecule has 0 radical (unpaired) electrons. The maximum atomic E-state index is 11.6. The van der Waals surface area contributed by atoms with E-state index < -0.39 is 0 Å². The van der Waals surface area contributed by atoms with Gasteiger partial charge in [0.2, 0.25) is 0 Å². The van der Waals surface area contributed by atoms with E-state index in [2.05, 4.69) is 0 Å². The number of amides is 2. The van der Waals surface area contributed by atoms with Crippen molar-refractivity contribution in [1.29, 1.82) is 0 Å². The van der Waals surface area contributed by atoms with Crippen molar-refractivity contribution in [3.8, 4) is 0 Å². The van der Waals surface area contributed by atoms with Crippen LogP contribution in [-0.4, -0.2) is 49.1 Å². The summed E-state index contributed by atoms with van der Waals surface area (Å²) in [6.07, 6.45) is 2.12. The van der Waals surface area contributed by atoms with Gasteiger partial charge in [0.15, 0.2) is 0 Å². The van der Waals surface area contributed by atoms with E-state index in [0.29, 0.717) is 5.92 Å². The molecule has 2 unspecified atom stereocenters. The Morgan fingerprint density at radius 3 is 2.79 bits per heavy atom. The van der Waals surface area contributed by atoms with E-state index in [1.54, 1.807) is 19.0 Å². The Bertz CT molecular complexity index is 204. The van der Waals surface area contributed by atoms with Gasteiger partial charge in [-0.1, -0.05) is 0 Å². The molecule has 0 bridgehead atoms. The fourth-order valence-electron chi connectivity index (χ4n) is 2.01. The second-order valence-electron chi connectivity index (χ2n) is 4.49. The average molecular weight is 199 g/mol. The minimum absolute atomic E-state index is 0.122. The van der Waals surface area contributed by atoms with E-state index in [-0.39, 0.29) is 12.1 Å². The van der Waals surface area contributed by atoms with E-state index >= 15 is 0 Å². The van der Waals surface area contributed by atoms with Crippen LogP contribution in [0, 0.1) is 5.92 Å². The van der Waals surface area contributed by atoms with Crippen molar-refractivity contribution in [3.05, 3.63) is 0 Å². The van der Waals surface area contributed by atoms with Crippen LogP contribution in [0.2, 0.25) is 0 Å². The van der Waals surface area contributed by atoms with Gasteiger partial charge in [-0.3, -0.25) is 0 Å². The highest BCUT2D eigenvalue weighted by molar-refractivity contribution is 5.74. The number of likely N-dealkylation sites (tertiary alicyclic amines) is 1. The first-order chi connectivity index (χ1) is 6.50. The Morgan fingerprint density at radius 1 is 1.64 bits per heavy atom. The smallest absolute Gasteiger partial charge is 0.319 e. The van der Waals surface area contributed by atoms with Crippen molar-refractivity contribution in [2.75, 3.05) is 27.2 Å². The molecular weight excluding hydrogens is 178 g/mol. The molecule has 0 aliphatic carbocycles. The molecule has 2 N–H and O–H groups in total. The molecule has 0 aromatic rings. The molecule has 0 spiro atoms. The summed E-state index contributed by atoms with van der Waals surface area (Å²) in [5.74, 6) is 0.596. The third-order valence-corrected chi connectivity index (χ3v) is 2.64. The van der Waals surface area contributed by atoms with Gasteiger partial charge >= 0.3 is 6.03 Å². The maximum Gasteiger partial charge on any atom is 0.319 e. The van der Waals surface area contributed by atoms with Gasteiger partial charge in [0.05, 0.1) is 0 Å². The molecule has 0 saturated carbocycles. The molecule has 1 aliphatic heterocycles. The number of nitrogens with zero attached hydrogens (tertiary/aromatic N) is 2. The molecule has 1 aliphatic rings. The van der Waals surface area contributed by atoms with Crippen molar-refractivity contribution in [2.24, 2.45) is 11.7 Å². The summed E-state index contributed by atoms with van der Waals surface area (Å²) in [4.78, 5) is 15.1. The summed E-state index contributed by atoms with van der Waals surface area (Å²) in [6, 6.07) is 0.367. The van der Waals surface area contributed by atoms with Gasteiger partial charge in [-0.05, 0) is 25.7 Å². The third kappa shape index (κ3) is 2.87. The molecule has 1 fully saturated rings. The standard InChI is InChI=1S/C10H21N3O/c1-8(11)6-9-4-5-13(7-9)10(14)12(2)3/h8-9H,4-7,11H2,1-3H3. The number of hydrogen-bond donors (Lipinski definition) is 1. The molecule has 1 rings (SSSR count). The second-order valence-corrected chi connectivity index (χ2v) is 4.49. The molecule has 2 amide bonds. The fraction of sp³-hybridized carbons (Fsp3) is 0.900. The van der Waals surface area contributed by atoms with Crippen LogP contribution in [0.4, 0.5) is 4.79 Å². The van der Waals surface area contributed by atoms with Gasteiger partial charge in [-0.2, -0.15) is 0 Å². The van der Waals surface area contributed by atoms with Crippen LogP contribution >= 0.6 is 0 Å². The molecule has 4 nitrogen and oxygen atoms in total. The first kappa shape index (κ1) is 11.3. The van der Waals surface area contributed by atoms with Crippen molar-refractivity contribution < 1.29 is 4.79 Å². The Hall–Kier alpha value is -0.770. The van der Waals surface area contributed by atoms with Crippen LogP contribution in [0.25, 0.3) is 0 Å². The minimum Gasteiger partial charge on any atom is -0.331 e. The van der Waals surface area contributed by atoms with Gasteiger partial charge in [0.1, 0.15) is 0 Å².